The Kier molecular flexibility index (Phi) is 1.62. The lowest BCUT2D eigenvalue weighted by atomic mass is 10.3. The third kappa shape index (κ3) is 1.14. The number of hydrogen-bond donors (Lipinski definition) is 1. The molecule has 1 aromatic carbocycles. The van der Waals surface area contributed by atoms with Crippen LogP contribution in [0.25, 0.3) is 0 Å². The summed E-state index contributed by atoms with van der Waals surface area (Å²) >= 11 is 7.59. The summed E-state index contributed by atoms with van der Waals surface area (Å²) in [5.74, 6) is 0.806. The Morgan fingerprint density at radius 2 is 2.36 bits per heavy atom. The van der Waals surface area contributed by atoms with E-state index in [1.165, 1.54) is 4.90 Å². The molecule has 1 aromatic rings. The summed E-state index contributed by atoms with van der Waals surface area (Å²) in [4.78, 5) is 1.20. The number of halogens is 1. The van der Waals surface area contributed by atoms with Gasteiger partial charge in [-0.25, -0.2) is 0 Å². The summed E-state index contributed by atoms with van der Waals surface area (Å²) in [7, 11) is 0. The fraction of sp³-hybridized carbons (Fsp3) is 0.143. The first-order valence-electron chi connectivity index (χ1n) is 3.23. The van der Waals surface area contributed by atoms with Gasteiger partial charge in [-0.3, -0.25) is 4.42 Å². The van der Waals surface area contributed by atoms with Crippen molar-refractivity contribution >= 4 is 34.9 Å². The van der Waals surface area contributed by atoms with Crippen LogP contribution in [0.5, 0.6) is 0 Å². The van der Waals surface area contributed by atoms with E-state index in [1.54, 1.807) is 16.2 Å². The maximum absolute atomic E-state index is 5.87. The summed E-state index contributed by atoms with van der Waals surface area (Å²) in [5, 5.41) is 0. The zero-order valence-electron chi connectivity index (χ0n) is 5.75. The highest BCUT2D eigenvalue weighted by molar-refractivity contribution is 8.00. The van der Waals surface area contributed by atoms with Crippen molar-refractivity contribution in [3.8, 4) is 0 Å². The quantitative estimate of drug-likeness (QED) is 0.498. The second-order valence-corrected chi connectivity index (χ2v) is 3.76. The summed E-state index contributed by atoms with van der Waals surface area (Å²) in [6.45, 7) is 0. The first-order valence-corrected chi connectivity index (χ1v) is 4.55. The Balaban J connectivity index is 2.52. The number of fused-ring (bicyclic) bond motifs is 1. The molecule has 1 aliphatic heterocycles. The SMILES string of the molecule is Nc1ccc2c(c1)N(Cl)CS2. The molecule has 0 saturated carbocycles. The third-order valence-corrected chi connectivity index (χ3v) is 3.06. The second-order valence-electron chi connectivity index (χ2n) is 2.36. The number of nitrogen functional groups attached to an aromatic ring is 1. The Bertz CT molecular complexity index is 290. The standard InChI is InChI=1S/C7H7ClN2S/c8-10-4-11-7-2-1-5(9)3-6(7)10/h1-3H,4,9H2. The molecule has 0 radical (unpaired) electrons. The van der Waals surface area contributed by atoms with E-state index in [0.717, 1.165) is 17.3 Å². The van der Waals surface area contributed by atoms with E-state index in [1.807, 2.05) is 18.2 Å². The molecule has 1 aliphatic rings. The van der Waals surface area contributed by atoms with Crippen LogP contribution in [0.3, 0.4) is 0 Å². The molecule has 0 bridgehead atoms. The maximum atomic E-state index is 5.87. The van der Waals surface area contributed by atoms with Crippen molar-refractivity contribution in [2.75, 3.05) is 16.0 Å². The van der Waals surface area contributed by atoms with Gasteiger partial charge >= 0.3 is 0 Å². The molecular formula is C7H7ClN2S. The molecule has 2 nitrogen and oxygen atoms in total. The number of hydrogen-bond acceptors (Lipinski definition) is 3. The van der Waals surface area contributed by atoms with Crippen LogP contribution >= 0.6 is 23.5 Å². The molecular weight excluding hydrogens is 180 g/mol. The first-order chi connectivity index (χ1) is 5.27. The van der Waals surface area contributed by atoms with Crippen molar-refractivity contribution in [2.45, 2.75) is 4.90 Å². The minimum Gasteiger partial charge on any atom is -0.399 e. The maximum Gasteiger partial charge on any atom is 0.0851 e. The number of nitrogens with two attached hydrogens (primary N) is 1. The predicted octanol–water partition coefficient (Wildman–Crippen LogP) is 2.29. The molecule has 2 rings (SSSR count). The van der Waals surface area contributed by atoms with Gasteiger partial charge < -0.3 is 5.73 Å². The number of benzene rings is 1. The normalized spacial score (nSPS) is 15.2. The number of rotatable bonds is 0. The Morgan fingerprint density at radius 1 is 1.55 bits per heavy atom. The van der Waals surface area contributed by atoms with Gasteiger partial charge in [-0.15, -0.1) is 11.8 Å². The Labute approximate surface area is 74.4 Å². The molecule has 0 atom stereocenters. The van der Waals surface area contributed by atoms with E-state index in [2.05, 4.69) is 0 Å². The average Bonchev–Trinajstić information content (AvgIpc) is 2.33. The lowest BCUT2D eigenvalue weighted by Crippen LogP contribution is -2.02. The second kappa shape index (κ2) is 2.50. The van der Waals surface area contributed by atoms with Crippen LogP contribution < -0.4 is 10.2 Å². The molecule has 0 amide bonds. The first kappa shape index (κ1) is 7.13. The number of nitrogens with zero attached hydrogens (tertiary/aromatic N) is 1. The molecule has 11 heavy (non-hydrogen) atoms. The highest BCUT2D eigenvalue weighted by Crippen LogP contribution is 2.40. The van der Waals surface area contributed by atoms with Gasteiger partial charge in [0.25, 0.3) is 0 Å². The summed E-state index contributed by atoms with van der Waals surface area (Å²) in [6.07, 6.45) is 0. The van der Waals surface area contributed by atoms with Crippen molar-refractivity contribution in [3.05, 3.63) is 18.2 Å². The van der Waals surface area contributed by atoms with Crippen LogP contribution in [-0.4, -0.2) is 5.88 Å². The summed E-state index contributed by atoms with van der Waals surface area (Å²) in [5.41, 5.74) is 7.38. The van der Waals surface area contributed by atoms with Crippen LogP contribution in [-0.2, 0) is 0 Å². The molecule has 0 unspecified atom stereocenters. The van der Waals surface area contributed by atoms with Gasteiger partial charge in [0.05, 0.1) is 11.6 Å². The van der Waals surface area contributed by atoms with E-state index in [9.17, 15) is 0 Å². The van der Waals surface area contributed by atoms with Gasteiger partial charge in [-0.2, -0.15) is 0 Å². The Morgan fingerprint density at radius 3 is 3.18 bits per heavy atom. The summed E-state index contributed by atoms with van der Waals surface area (Å²) in [6, 6.07) is 5.78. The van der Waals surface area contributed by atoms with Crippen LogP contribution in [0.2, 0.25) is 0 Å². The van der Waals surface area contributed by atoms with Crippen molar-refractivity contribution in [3.63, 3.8) is 0 Å². The van der Waals surface area contributed by atoms with Crippen molar-refractivity contribution in [1.29, 1.82) is 0 Å². The van der Waals surface area contributed by atoms with Crippen molar-refractivity contribution in [2.24, 2.45) is 0 Å². The fourth-order valence-electron chi connectivity index (χ4n) is 1.04. The van der Waals surface area contributed by atoms with Gasteiger partial charge in [-0.05, 0) is 18.2 Å². The molecule has 2 N–H and O–H groups in total. The van der Waals surface area contributed by atoms with Crippen LogP contribution in [0.4, 0.5) is 11.4 Å². The number of anilines is 2. The van der Waals surface area contributed by atoms with E-state index in [-0.39, 0.29) is 0 Å². The van der Waals surface area contributed by atoms with Gasteiger partial charge in [0, 0.05) is 22.4 Å². The van der Waals surface area contributed by atoms with Crippen molar-refractivity contribution < 1.29 is 0 Å². The fourth-order valence-corrected chi connectivity index (χ4v) is 2.25. The Hall–Kier alpha value is -0.540. The molecule has 0 saturated heterocycles. The molecule has 0 fully saturated rings. The minimum atomic E-state index is 0.761. The smallest absolute Gasteiger partial charge is 0.0851 e. The highest BCUT2D eigenvalue weighted by Gasteiger charge is 2.17. The van der Waals surface area contributed by atoms with E-state index in [4.69, 9.17) is 17.5 Å². The highest BCUT2D eigenvalue weighted by atomic mass is 35.5. The number of thioether (sulfide) groups is 1. The molecule has 0 spiro atoms. The zero-order valence-corrected chi connectivity index (χ0v) is 7.32. The van der Waals surface area contributed by atoms with Gasteiger partial charge in [0.15, 0.2) is 0 Å². The molecule has 0 aromatic heterocycles. The monoisotopic (exact) mass is 186 g/mol. The van der Waals surface area contributed by atoms with Crippen LogP contribution in [0, 0.1) is 0 Å². The van der Waals surface area contributed by atoms with Crippen LogP contribution in [0.1, 0.15) is 0 Å². The van der Waals surface area contributed by atoms with E-state index in [0.29, 0.717) is 0 Å². The topological polar surface area (TPSA) is 29.3 Å². The lowest BCUT2D eigenvalue weighted by Gasteiger charge is -2.06. The molecule has 4 heteroatoms. The third-order valence-electron chi connectivity index (χ3n) is 1.58. The predicted molar refractivity (Wildman–Crippen MR) is 49.9 cm³/mol. The van der Waals surface area contributed by atoms with E-state index >= 15 is 0 Å². The van der Waals surface area contributed by atoms with Gasteiger partial charge in [-0.1, -0.05) is 0 Å². The molecule has 0 aliphatic carbocycles. The van der Waals surface area contributed by atoms with Gasteiger partial charge in [0.2, 0.25) is 0 Å². The van der Waals surface area contributed by atoms with Gasteiger partial charge in [0.1, 0.15) is 0 Å². The van der Waals surface area contributed by atoms with Crippen LogP contribution in [0.15, 0.2) is 23.1 Å². The lowest BCUT2D eigenvalue weighted by molar-refractivity contribution is 1.30. The average molecular weight is 187 g/mol. The molecule has 58 valence electrons. The minimum absolute atomic E-state index is 0.761. The largest absolute Gasteiger partial charge is 0.399 e. The zero-order chi connectivity index (χ0) is 7.84. The summed E-state index contributed by atoms with van der Waals surface area (Å²) < 4.78 is 1.68. The van der Waals surface area contributed by atoms with E-state index < -0.39 is 0 Å². The molecule has 1 heterocycles. The van der Waals surface area contributed by atoms with Crippen molar-refractivity contribution in [1.82, 2.24) is 0 Å².